The fraction of sp³-hybridized carbons (Fsp3) is 0.250. The minimum absolute atomic E-state index is 0.0499. The summed E-state index contributed by atoms with van der Waals surface area (Å²) in [5.74, 6) is 0. The maximum Gasteiger partial charge on any atom is 0.120 e. The number of aromatic nitrogens is 1. The van der Waals surface area contributed by atoms with E-state index in [-0.39, 0.29) is 6.61 Å². The van der Waals surface area contributed by atoms with Crippen molar-refractivity contribution in [2.45, 2.75) is 12.5 Å². The molecule has 1 unspecified atom stereocenters. The summed E-state index contributed by atoms with van der Waals surface area (Å²) in [6.45, 7) is 1.85. The molecule has 3 nitrogen and oxygen atoms in total. The van der Waals surface area contributed by atoms with E-state index in [0.29, 0.717) is 5.02 Å². The number of hydrogen-bond donors (Lipinski definition) is 2. The molecular formula is C12H13ClN2OS. The van der Waals surface area contributed by atoms with Crippen LogP contribution >= 0.6 is 22.9 Å². The van der Waals surface area contributed by atoms with E-state index in [1.165, 1.54) is 11.3 Å². The first-order valence-electron chi connectivity index (χ1n) is 5.19. The van der Waals surface area contributed by atoms with Crippen molar-refractivity contribution in [1.82, 2.24) is 4.98 Å². The van der Waals surface area contributed by atoms with Gasteiger partial charge in [0, 0.05) is 11.6 Å². The molecule has 0 amide bonds. The highest BCUT2D eigenvalue weighted by molar-refractivity contribution is 7.09. The first-order chi connectivity index (χ1) is 8.15. The average molecular weight is 269 g/mol. The lowest BCUT2D eigenvalue weighted by molar-refractivity contribution is 0.223. The van der Waals surface area contributed by atoms with E-state index < -0.39 is 5.54 Å². The molecule has 5 heteroatoms. The van der Waals surface area contributed by atoms with Gasteiger partial charge < -0.3 is 10.4 Å². The number of para-hydroxylation sites is 1. The number of nitrogens with one attached hydrogen (secondary N) is 1. The van der Waals surface area contributed by atoms with E-state index in [2.05, 4.69) is 10.3 Å². The molecule has 2 aromatic rings. The van der Waals surface area contributed by atoms with Crippen molar-refractivity contribution in [3.05, 3.63) is 45.9 Å². The van der Waals surface area contributed by atoms with Crippen LogP contribution in [0.1, 0.15) is 11.9 Å². The largest absolute Gasteiger partial charge is 0.393 e. The molecule has 2 rings (SSSR count). The molecule has 0 aliphatic rings. The van der Waals surface area contributed by atoms with Crippen LogP contribution in [0.3, 0.4) is 0 Å². The molecule has 0 fully saturated rings. The molecule has 0 saturated carbocycles. The van der Waals surface area contributed by atoms with Gasteiger partial charge in [-0.3, -0.25) is 0 Å². The number of halogens is 1. The summed E-state index contributed by atoms with van der Waals surface area (Å²) in [6, 6.07) is 7.45. The van der Waals surface area contributed by atoms with Crippen molar-refractivity contribution in [1.29, 1.82) is 0 Å². The van der Waals surface area contributed by atoms with Gasteiger partial charge in [-0.2, -0.15) is 0 Å². The second-order valence-corrected chi connectivity index (χ2v) is 5.23. The summed E-state index contributed by atoms with van der Waals surface area (Å²) in [5, 5.41) is 16.2. The molecule has 1 heterocycles. The van der Waals surface area contributed by atoms with Gasteiger partial charge in [-0.1, -0.05) is 23.7 Å². The van der Waals surface area contributed by atoms with Crippen LogP contribution in [-0.4, -0.2) is 16.7 Å². The van der Waals surface area contributed by atoms with Gasteiger partial charge in [-0.05, 0) is 19.1 Å². The third-order valence-electron chi connectivity index (χ3n) is 2.50. The SMILES string of the molecule is CC(CO)(Nc1ccccc1Cl)c1nccs1. The van der Waals surface area contributed by atoms with Crippen molar-refractivity contribution in [3.63, 3.8) is 0 Å². The Labute approximate surface area is 109 Å². The number of aliphatic hydroxyl groups is 1. The molecule has 0 saturated heterocycles. The summed E-state index contributed by atoms with van der Waals surface area (Å²) < 4.78 is 0. The predicted molar refractivity (Wildman–Crippen MR) is 71.6 cm³/mol. The summed E-state index contributed by atoms with van der Waals surface area (Å²) in [4.78, 5) is 4.24. The lowest BCUT2D eigenvalue weighted by Crippen LogP contribution is -2.35. The van der Waals surface area contributed by atoms with Gasteiger partial charge in [-0.25, -0.2) is 4.98 Å². The first-order valence-corrected chi connectivity index (χ1v) is 6.45. The lowest BCUT2D eigenvalue weighted by Gasteiger charge is -2.28. The highest BCUT2D eigenvalue weighted by atomic mass is 35.5. The summed E-state index contributed by atoms with van der Waals surface area (Å²) in [6.07, 6.45) is 1.72. The summed E-state index contributed by atoms with van der Waals surface area (Å²) in [5.41, 5.74) is 0.181. The van der Waals surface area contributed by atoms with E-state index in [1.807, 2.05) is 36.6 Å². The Bertz CT molecular complexity index is 489. The van der Waals surface area contributed by atoms with Crippen molar-refractivity contribution in [3.8, 4) is 0 Å². The molecule has 0 aliphatic carbocycles. The molecule has 0 spiro atoms. The minimum Gasteiger partial charge on any atom is -0.393 e. The molecular weight excluding hydrogens is 256 g/mol. The van der Waals surface area contributed by atoms with Crippen LogP contribution in [0.4, 0.5) is 5.69 Å². The van der Waals surface area contributed by atoms with E-state index in [9.17, 15) is 5.11 Å². The van der Waals surface area contributed by atoms with Gasteiger partial charge in [0.1, 0.15) is 10.5 Å². The molecule has 1 aromatic heterocycles. The highest BCUT2D eigenvalue weighted by Crippen LogP contribution is 2.30. The van der Waals surface area contributed by atoms with E-state index in [1.54, 1.807) is 6.20 Å². The quantitative estimate of drug-likeness (QED) is 0.896. The third-order valence-corrected chi connectivity index (χ3v) is 3.87. The zero-order valence-corrected chi connectivity index (χ0v) is 10.9. The van der Waals surface area contributed by atoms with Crippen molar-refractivity contribution in [2.75, 3.05) is 11.9 Å². The predicted octanol–water partition coefficient (Wildman–Crippen LogP) is 3.12. The Morgan fingerprint density at radius 3 is 2.82 bits per heavy atom. The van der Waals surface area contributed by atoms with Gasteiger partial charge in [0.2, 0.25) is 0 Å². The van der Waals surface area contributed by atoms with Crippen LogP contribution in [0.2, 0.25) is 5.02 Å². The standard InChI is InChI=1S/C12H13ClN2OS/c1-12(8-16,11-14-6-7-17-11)15-10-5-3-2-4-9(10)13/h2-7,15-16H,8H2,1H3. The number of anilines is 1. The first kappa shape index (κ1) is 12.4. The maximum absolute atomic E-state index is 9.57. The molecule has 1 aromatic carbocycles. The van der Waals surface area contributed by atoms with Crippen LogP contribution < -0.4 is 5.32 Å². The number of thiazole rings is 1. The van der Waals surface area contributed by atoms with E-state index in [0.717, 1.165) is 10.7 Å². The summed E-state index contributed by atoms with van der Waals surface area (Å²) in [7, 11) is 0. The van der Waals surface area contributed by atoms with Gasteiger partial charge in [-0.15, -0.1) is 11.3 Å². The molecule has 90 valence electrons. The molecule has 0 aliphatic heterocycles. The smallest absolute Gasteiger partial charge is 0.120 e. The Kier molecular flexibility index (Phi) is 3.66. The number of benzene rings is 1. The lowest BCUT2D eigenvalue weighted by atomic mass is 10.0. The number of nitrogens with zero attached hydrogens (tertiary/aromatic N) is 1. The fourth-order valence-electron chi connectivity index (χ4n) is 1.52. The monoisotopic (exact) mass is 268 g/mol. The van der Waals surface area contributed by atoms with Crippen molar-refractivity contribution >= 4 is 28.6 Å². The maximum atomic E-state index is 9.57. The minimum atomic E-state index is -0.612. The van der Waals surface area contributed by atoms with Crippen LogP contribution in [0, 0.1) is 0 Å². The second-order valence-electron chi connectivity index (χ2n) is 3.93. The highest BCUT2D eigenvalue weighted by Gasteiger charge is 2.28. The molecule has 0 radical (unpaired) electrons. The Hall–Kier alpha value is -1.10. The second kappa shape index (κ2) is 5.04. The Balaban J connectivity index is 2.30. The topological polar surface area (TPSA) is 45.1 Å². The molecule has 2 N–H and O–H groups in total. The zero-order valence-electron chi connectivity index (χ0n) is 9.35. The molecule has 17 heavy (non-hydrogen) atoms. The van der Waals surface area contributed by atoms with Crippen molar-refractivity contribution in [2.24, 2.45) is 0 Å². The zero-order chi connectivity index (χ0) is 12.3. The normalized spacial score (nSPS) is 14.3. The van der Waals surface area contributed by atoms with Crippen LogP contribution in [-0.2, 0) is 5.54 Å². The molecule has 1 atom stereocenters. The van der Waals surface area contributed by atoms with Gasteiger partial charge >= 0.3 is 0 Å². The Morgan fingerprint density at radius 2 is 2.24 bits per heavy atom. The Morgan fingerprint density at radius 1 is 1.47 bits per heavy atom. The van der Waals surface area contributed by atoms with E-state index in [4.69, 9.17) is 11.6 Å². The van der Waals surface area contributed by atoms with Crippen LogP contribution in [0.5, 0.6) is 0 Å². The van der Waals surface area contributed by atoms with Crippen LogP contribution in [0.25, 0.3) is 0 Å². The van der Waals surface area contributed by atoms with Crippen LogP contribution in [0.15, 0.2) is 35.8 Å². The van der Waals surface area contributed by atoms with Gasteiger partial charge in [0.05, 0.1) is 17.3 Å². The number of aliphatic hydroxyl groups excluding tert-OH is 1. The number of hydrogen-bond acceptors (Lipinski definition) is 4. The van der Waals surface area contributed by atoms with Crippen molar-refractivity contribution < 1.29 is 5.11 Å². The van der Waals surface area contributed by atoms with Gasteiger partial charge in [0.15, 0.2) is 0 Å². The number of rotatable bonds is 4. The third kappa shape index (κ3) is 2.60. The average Bonchev–Trinajstić information content (AvgIpc) is 2.86. The van der Waals surface area contributed by atoms with Gasteiger partial charge in [0.25, 0.3) is 0 Å². The molecule has 0 bridgehead atoms. The fourth-order valence-corrected chi connectivity index (χ4v) is 2.45. The summed E-state index contributed by atoms with van der Waals surface area (Å²) >= 11 is 7.59. The van der Waals surface area contributed by atoms with E-state index >= 15 is 0 Å².